The van der Waals surface area contributed by atoms with Crippen molar-refractivity contribution in [1.82, 2.24) is 19.2 Å². The molecule has 3 heterocycles. The van der Waals surface area contributed by atoms with Crippen LogP contribution < -0.4 is 0 Å². The Bertz CT molecular complexity index is 783. The number of aromatic nitrogens is 4. The van der Waals surface area contributed by atoms with Gasteiger partial charge in [0.2, 0.25) is 0 Å². The first-order chi connectivity index (χ1) is 10.0. The lowest BCUT2D eigenvalue weighted by molar-refractivity contribution is -0.136. The molecule has 0 saturated carbocycles. The van der Waals surface area contributed by atoms with Crippen LogP contribution in [0.25, 0.3) is 5.65 Å². The van der Waals surface area contributed by atoms with Crippen LogP contribution in [0.1, 0.15) is 22.6 Å². The van der Waals surface area contributed by atoms with Crippen LogP contribution in [0, 0.1) is 13.8 Å². The summed E-state index contributed by atoms with van der Waals surface area (Å²) in [6.45, 7) is 4.27. The Hall–Kier alpha value is -2.63. The van der Waals surface area contributed by atoms with Gasteiger partial charge in [-0.1, -0.05) is 6.07 Å². The van der Waals surface area contributed by atoms with E-state index in [1.54, 1.807) is 0 Å². The number of pyridine rings is 1. The molecule has 0 saturated heterocycles. The number of rotatable bonds is 4. The Balaban J connectivity index is 1.92. The van der Waals surface area contributed by atoms with Gasteiger partial charge in [-0.15, -0.1) is 0 Å². The Morgan fingerprint density at radius 3 is 2.86 bits per heavy atom. The minimum Gasteiger partial charge on any atom is -0.481 e. The molecule has 0 spiro atoms. The highest BCUT2D eigenvalue weighted by Crippen LogP contribution is 2.15. The SMILES string of the molecule is Cc1nn(Cc2cn3ccccc3n2)c(C)c1CC(=O)O. The molecule has 0 aliphatic carbocycles. The Labute approximate surface area is 121 Å². The van der Waals surface area contributed by atoms with Gasteiger partial charge in [0.25, 0.3) is 0 Å². The molecule has 3 aromatic rings. The monoisotopic (exact) mass is 284 g/mol. The van der Waals surface area contributed by atoms with Crippen LogP contribution in [0.5, 0.6) is 0 Å². The van der Waals surface area contributed by atoms with E-state index in [2.05, 4.69) is 10.1 Å². The minimum absolute atomic E-state index is 0.00281. The lowest BCUT2D eigenvalue weighted by atomic mass is 10.1. The molecular formula is C15H16N4O2. The van der Waals surface area contributed by atoms with Crippen molar-refractivity contribution >= 4 is 11.6 Å². The van der Waals surface area contributed by atoms with Gasteiger partial charge in [-0.05, 0) is 26.0 Å². The number of carboxylic acid groups (broad SMARTS) is 1. The maximum Gasteiger partial charge on any atom is 0.307 e. The van der Waals surface area contributed by atoms with Crippen molar-refractivity contribution in [2.75, 3.05) is 0 Å². The van der Waals surface area contributed by atoms with Crippen molar-refractivity contribution in [2.24, 2.45) is 0 Å². The lowest BCUT2D eigenvalue weighted by Gasteiger charge is -2.02. The molecule has 3 rings (SSSR count). The maximum absolute atomic E-state index is 10.9. The number of aliphatic carboxylic acids is 1. The van der Waals surface area contributed by atoms with Crippen LogP contribution >= 0.6 is 0 Å². The van der Waals surface area contributed by atoms with Crippen LogP contribution in [-0.2, 0) is 17.8 Å². The Morgan fingerprint density at radius 2 is 2.14 bits per heavy atom. The van der Waals surface area contributed by atoms with Crippen LogP contribution in [0.2, 0.25) is 0 Å². The summed E-state index contributed by atoms with van der Waals surface area (Å²) in [5, 5.41) is 13.4. The average molecular weight is 284 g/mol. The average Bonchev–Trinajstić information content (AvgIpc) is 2.94. The van der Waals surface area contributed by atoms with E-state index in [1.807, 2.05) is 53.5 Å². The van der Waals surface area contributed by atoms with Gasteiger partial charge in [0.05, 0.1) is 24.4 Å². The topological polar surface area (TPSA) is 72.4 Å². The first kappa shape index (κ1) is 13.4. The molecule has 0 aromatic carbocycles. The first-order valence-electron chi connectivity index (χ1n) is 6.72. The van der Waals surface area contributed by atoms with E-state index in [1.165, 1.54) is 0 Å². The largest absolute Gasteiger partial charge is 0.481 e. The molecule has 21 heavy (non-hydrogen) atoms. The fourth-order valence-corrected chi connectivity index (χ4v) is 2.51. The van der Waals surface area contributed by atoms with Gasteiger partial charge < -0.3 is 9.51 Å². The molecule has 108 valence electrons. The highest BCUT2D eigenvalue weighted by molar-refractivity contribution is 5.70. The van der Waals surface area contributed by atoms with E-state index in [9.17, 15) is 4.79 Å². The fraction of sp³-hybridized carbons (Fsp3) is 0.267. The maximum atomic E-state index is 10.9. The Kier molecular flexibility index (Phi) is 3.21. The van der Waals surface area contributed by atoms with E-state index in [-0.39, 0.29) is 6.42 Å². The molecule has 0 unspecified atom stereocenters. The van der Waals surface area contributed by atoms with Crippen molar-refractivity contribution in [3.8, 4) is 0 Å². The van der Waals surface area contributed by atoms with Gasteiger partial charge in [0.1, 0.15) is 5.65 Å². The first-order valence-corrected chi connectivity index (χ1v) is 6.72. The van der Waals surface area contributed by atoms with Gasteiger partial charge in [-0.25, -0.2) is 4.98 Å². The summed E-state index contributed by atoms with van der Waals surface area (Å²) in [6.07, 6.45) is 3.91. The normalized spacial score (nSPS) is 11.1. The number of carboxylic acids is 1. The molecule has 0 amide bonds. The minimum atomic E-state index is -0.839. The lowest BCUT2D eigenvalue weighted by Crippen LogP contribution is -2.06. The quantitative estimate of drug-likeness (QED) is 0.793. The van der Waals surface area contributed by atoms with Crippen molar-refractivity contribution in [3.05, 3.63) is 53.2 Å². The third-order valence-corrected chi connectivity index (χ3v) is 3.59. The number of carbonyl (C=O) groups is 1. The summed E-state index contributed by atoms with van der Waals surface area (Å²) in [5.74, 6) is -0.839. The number of hydrogen-bond donors (Lipinski definition) is 1. The zero-order valence-electron chi connectivity index (χ0n) is 11.9. The third-order valence-electron chi connectivity index (χ3n) is 3.59. The van der Waals surface area contributed by atoms with Gasteiger partial charge in [-0.2, -0.15) is 5.10 Å². The second-order valence-corrected chi connectivity index (χ2v) is 5.08. The highest BCUT2D eigenvalue weighted by Gasteiger charge is 2.15. The second kappa shape index (κ2) is 5.05. The van der Waals surface area contributed by atoms with Gasteiger partial charge in [-0.3, -0.25) is 9.48 Å². The number of aryl methyl sites for hydroxylation is 1. The third kappa shape index (κ3) is 2.52. The highest BCUT2D eigenvalue weighted by atomic mass is 16.4. The van der Waals surface area contributed by atoms with Crippen molar-refractivity contribution in [2.45, 2.75) is 26.8 Å². The van der Waals surface area contributed by atoms with E-state index in [0.29, 0.717) is 6.54 Å². The van der Waals surface area contributed by atoms with Crippen LogP contribution in [0.3, 0.4) is 0 Å². The summed E-state index contributed by atoms with van der Waals surface area (Å²) in [4.78, 5) is 15.4. The molecule has 0 bridgehead atoms. The molecule has 3 aromatic heterocycles. The number of fused-ring (bicyclic) bond motifs is 1. The van der Waals surface area contributed by atoms with E-state index < -0.39 is 5.97 Å². The zero-order chi connectivity index (χ0) is 15.0. The molecule has 6 heteroatoms. The molecule has 0 aliphatic heterocycles. The van der Waals surface area contributed by atoms with Crippen LogP contribution in [0.15, 0.2) is 30.6 Å². The summed E-state index contributed by atoms with van der Waals surface area (Å²) < 4.78 is 3.77. The number of hydrogen-bond acceptors (Lipinski definition) is 3. The van der Waals surface area contributed by atoms with Gasteiger partial charge >= 0.3 is 5.97 Å². The molecule has 0 atom stereocenters. The van der Waals surface area contributed by atoms with E-state index >= 15 is 0 Å². The number of nitrogens with zero attached hydrogens (tertiary/aromatic N) is 4. The van der Waals surface area contributed by atoms with E-state index in [0.717, 1.165) is 28.3 Å². The molecule has 6 nitrogen and oxygen atoms in total. The summed E-state index contributed by atoms with van der Waals surface area (Å²) in [5.41, 5.74) is 4.21. The molecule has 0 radical (unpaired) electrons. The molecule has 0 fully saturated rings. The predicted molar refractivity (Wildman–Crippen MR) is 77.3 cm³/mol. The Morgan fingerprint density at radius 1 is 1.33 bits per heavy atom. The predicted octanol–water partition coefficient (Wildman–Crippen LogP) is 1.82. The van der Waals surface area contributed by atoms with Crippen LogP contribution in [0.4, 0.5) is 0 Å². The summed E-state index contributed by atoms with van der Waals surface area (Å²) in [6, 6.07) is 5.84. The second-order valence-electron chi connectivity index (χ2n) is 5.08. The van der Waals surface area contributed by atoms with Crippen LogP contribution in [-0.4, -0.2) is 30.2 Å². The van der Waals surface area contributed by atoms with Crippen molar-refractivity contribution in [1.29, 1.82) is 0 Å². The molecule has 1 N–H and O–H groups in total. The molecule has 0 aliphatic rings. The van der Waals surface area contributed by atoms with Crippen molar-refractivity contribution in [3.63, 3.8) is 0 Å². The zero-order valence-corrected chi connectivity index (χ0v) is 11.9. The van der Waals surface area contributed by atoms with E-state index in [4.69, 9.17) is 5.11 Å². The summed E-state index contributed by atoms with van der Waals surface area (Å²) in [7, 11) is 0. The fourth-order valence-electron chi connectivity index (χ4n) is 2.51. The number of imidazole rings is 1. The van der Waals surface area contributed by atoms with Gasteiger partial charge in [0.15, 0.2) is 0 Å². The van der Waals surface area contributed by atoms with Gasteiger partial charge in [0, 0.05) is 23.7 Å². The smallest absolute Gasteiger partial charge is 0.307 e. The summed E-state index contributed by atoms with van der Waals surface area (Å²) >= 11 is 0. The van der Waals surface area contributed by atoms with Crippen molar-refractivity contribution < 1.29 is 9.90 Å². The molecular weight excluding hydrogens is 268 g/mol. The standard InChI is InChI=1S/C15H16N4O2/c1-10-13(7-15(20)21)11(2)19(17-10)9-12-8-18-6-4-3-5-14(18)16-12/h3-6,8H,7,9H2,1-2H3,(H,20,21).